The molecule has 2 aliphatic rings. The van der Waals surface area contributed by atoms with Crippen molar-refractivity contribution >= 4 is 17.2 Å². The summed E-state index contributed by atoms with van der Waals surface area (Å²) in [5.41, 5.74) is 3.59. The number of amides is 1. The van der Waals surface area contributed by atoms with Crippen LogP contribution < -0.4 is 0 Å². The number of thiophene rings is 1. The highest BCUT2D eigenvalue weighted by Crippen LogP contribution is 2.42. The van der Waals surface area contributed by atoms with E-state index >= 15 is 0 Å². The van der Waals surface area contributed by atoms with Crippen LogP contribution in [0.3, 0.4) is 0 Å². The van der Waals surface area contributed by atoms with E-state index in [1.165, 1.54) is 9.75 Å². The Bertz CT molecular complexity index is 1090. The van der Waals surface area contributed by atoms with Gasteiger partial charge in [0.2, 0.25) is 0 Å². The van der Waals surface area contributed by atoms with Crippen LogP contribution in [0.4, 0.5) is 0 Å². The Hall–Kier alpha value is -2.58. The van der Waals surface area contributed by atoms with Crippen molar-refractivity contribution in [3.63, 3.8) is 0 Å². The fraction of sp³-hybridized carbons (Fsp3) is 0.455. The molecule has 2 fully saturated rings. The van der Waals surface area contributed by atoms with E-state index in [2.05, 4.69) is 30.0 Å². The molecule has 4 heterocycles. The zero-order chi connectivity index (χ0) is 20.8. The number of nitrogens with zero attached hydrogens (tertiary/aromatic N) is 5. The zero-order valence-electron chi connectivity index (χ0n) is 17.5. The Balaban J connectivity index is 1.52. The van der Waals surface area contributed by atoms with Crippen molar-refractivity contribution in [1.29, 1.82) is 0 Å². The van der Waals surface area contributed by atoms with Gasteiger partial charge in [-0.2, -0.15) is 5.10 Å². The van der Waals surface area contributed by atoms with Crippen molar-refractivity contribution in [3.05, 3.63) is 45.5 Å². The van der Waals surface area contributed by atoms with E-state index in [4.69, 9.17) is 9.72 Å². The third-order valence-electron chi connectivity index (χ3n) is 5.92. The predicted molar refractivity (Wildman–Crippen MR) is 115 cm³/mol. The summed E-state index contributed by atoms with van der Waals surface area (Å²) in [6, 6.07) is 4.21. The van der Waals surface area contributed by atoms with Crippen LogP contribution in [0.25, 0.3) is 17.2 Å². The van der Waals surface area contributed by atoms with E-state index < -0.39 is 0 Å². The molecule has 0 spiro atoms. The number of ether oxygens (including phenoxy) is 1. The highest BCUT2D eigenvalue weighted by molar-refractivity contribution is 7.12. The molecule has 1 aliphatic heterocycles. The van der Waals surface area contributed by atoms with Gasteiger partial charge in [0.15, 0.2) is 0 Å². The van der Waals surface area contributed by atoms with Gasteiger partial charge in [0.1, 0.15) is 0 Å². The van der Waals surface area contributed by atoms with E-state index in [0.717, 1.165) is 36.2 Å². The second kappa shape index (κ2) is 7.59. The van der Waals surface area contributed by atoms with Gasteiger partial charge in [0.25, 0.3) is 11.9 Å². The quantitative estimate of drug-likeness (QED) is 0.625. The van der Waals surface area contributed by atoms with Crippen molar-refractivity contribution in [1.82, 2.24) is 24.6 Å². The molecule has 1 saturated carbocycles. The Labute approximate surface area is 179 Å². The molecule has 0 bridgehead atoms. The average Bonchev–Trinajstić information content (AvgIpc) is 3.15. The summed E-state index contributed by atoms with van der Waals surface area (Å²) >= 11 is 1.76. The number of aromatic nitrogens is 4. The minimum absolute atomic E-state index is 0.000826. The molecule has 1 atom stereocenters. The van der Waals surface area contributed by atoms with Gasteiger partial charge in [0.05, 0.1) is 35.8 Å². The Morgan fingerprint density at radius 3 is 2.80 bits per heavy atom. The molecule has 1 aliphatic carbocycles. The summed E-state index contributed by atoms with van der Waals surface area (Å²) < 4.78 is 7.23. The van der Waals surface area contributed by atoms with E-state index in [1.54, 1.807) is 33.3 Å². The van der Waals surface area contributed by atoms with Gasteiger partial charge in [-0.25, -0.2) is 14.6 Å². The van der Waals surface area contributed by atoms with Gasteiger partial charge in [-0.05, 0) is 45.2 Å². The van der Waals surface area contributed by atoms with Gasteiger partial charge in [-0.1, -0.05) is 0 Å². The van der Waals surface area contributed by atoms with E-state index in [9.17, 15) is 4.79 Å². The van der Waals surface area contributed by atoms with Crippen LogP contribution in [-0.2, 0) is 4.74 Å². The molecule has 0 radical (unpaired) electrons. The van der Waals surface area contributed by atoms with Gasteiger partial charge in [-0.15, -0.1) is 11.3 Å². The number of carbonyl (C=O) groups excluding carboxylic acids is 1. The molecule has 5 rings (SSSR count). The van der Waals surface area contributed by atoms with Crippen molar-refractivity contribution < 1.29 is 9.53 Å². The highest BCUT2D eigenvalue weighted by atomic mass is 32.1. The number of aryl methyl sites for hydroxylation is 2. The lowest BCUT2D eigenvalue weighted by Crippen LogP contribution is -2.37. The number of rotatable bonds is 5. The third-order valence-corrected chi connectivity index (χ3v) is 6.89. The first-order valence-electron chi connectivity index (χ1n) is 10.4. The molecule has 3 aromatic rings. The van der Waals surface area contributed by atoms with Crippen molar-refractivity contribution in [2.45, 2.75) is 45.1 Å². The minimum Gasteiger partial charge on any atom is -0.379 e. The van der Waals surface area contributed by atoms with Crippen LogP contribution in [0.15, 0.2) is 24.5 Å². The van der Waals surface area contributed by atoms with Crippen LogP contribution in [0, 0.1) is 13.8 Å². The second-order valence-corrected chi connectivity index (χ2v) is 9.59. The van der Waals surface area contributed by atoms with Crippen LogP contribution >= 0.6 is 11.3 Å². The van der Waals surface area contributed by atoms with E-state index in [0.29, 0.717) is 30.6 Å². The normalized spacial score (nSPS) is 18.7. The first kappa shape index (κ1) is 19.4. The Morgan fingerprint density at radius 2 is 2.13 bits per heavy atom. The molecule has 3 aromatic heterocycles. The summed E-state index contributed by atoms with van der Waals surface area (Å²) in [5, 5.41) is 4.56. The SMILES string of the molecule is Cc1cc(-c2ccnc(-n3ncc(C(=O)N(C)C4CCOC4)c3C3CC3)n2)c(C)s1. The van der Waals surface area contributed by atoms with Crippen LogP contribution in [-0.4, -0.2) is 56.9 Å². The number of likely N-dealkylation sites (N-methyl/N-ethyl adjacent to an activating group) is 1. The maximum atomic E-state index is 13.2. The number of hydrogen-bond donors (Lipinski definition) is 0. The maximum Gasteiger partial charge on any atom is 0.257 e. The molecular formula is C22H25N5O2S. The lowest BCUT2D eigenvalue weighted by molar-refractivity contribution is 0.0710. The third kappa shape index (κ3) is 3.44. The van der Waals surface area contributed by atoms with Gasteiger partial charge >= 0.3 is 0 Å². The molecular weight excluding hydrogens is 398 g/mol. The van der Waals surface area contributed by atoms with Gasteiger partial charge in [-0.3, -0.25) is 4.79 Å². The summed E-state index contributed by atoms with van der Waals surface area (Å²) in [7, 11) is 1.86. The smallest absolute Gasteiger partial charge is 0.257 e. The fourth-order valence-corrected chi connectivity index (χ4v) is 5.03. The van der Waals surface area contributed by atoms with Crippen molar-refractivity contribution in [3.8, 4) is 17.2 Å². The molecule has 7 nitrogen and oxygen atoms in total. The van der Waals surface area contributed by atoms with Crippen molar-refractivity contribution in [2.75, 3.05) is 20.3 Å². The lowest BCUT2D eigenvalue weighted by atomic mass is 10.1. The molecule has 8 heteroatoms. The largest absolute Gasteiger partial charge is 0.379 e. The summed E-state index contributed by atoms with van der Waals surface area (Å²) in [6.45, 7) is 5.52. The number of hydrogen-bond acceptors (Lipinski definition) is 6. The molecule has 1 amide bonds. The van der Waals surface area contributed by atoms with Crippen LogP contribution in [0.2, 0.25) is 0 Å². The predicted octanol–water partition coefficient (Wildman–Crippen LogP) is 3.75. The monoisotopic (exact) mass is 423 g/mol. The molecule has 0 N–H and O–H groups in total. The van der Waals surface area contributed by atoms with Crippen LogP contribution in [0.1, 0.15) is 51.0 Å². The zero-order valence-corrected chi connectivity index (χ0v) is 18.3. The van der Waals surface area contributed by atoms with Crippen LogP contribution in [0.5, 0.6) is 0 Å². The standard InChI is InChI=1S/C22H25N5O2S/c1-13-10-17(14(2)30-13)19-6-8-23-22(25-19)27-20(15-4-5-15)18(11-24-27)21(28)26(3)16-7-9-29-12-16/h6,8,10-11,15-16H,4-5,7,9,12H2,1-3H3. The summed E-state index contributed by atoms with van der Waals surface area (Å²) in [6.07, 6.45) is 6.44. The minimum atomic E-state index is -0.000826. The summed E-state index contributed by atoms with van der Waals surface area (Å²) in [4.78, 5) is 26.8. The molecule has 1 saturated heterocycles. The van der Waals surface area contributed by atoms with Gasteiger partial charge in [0, 0.05) is 41.1 Å². The van der Waals surface area contributed by atoms with E-state index in [1.807, 2.05) is 13.1 Å². The molecule has 30 heavy (non-hydrogen) atoms. The average molecular weight is 424 g/mol. The summed E-state index contributed by atoms with van der Waals surface area (Å²) in [5.74, 6) is 0.847. The molecule has 156 valence electrons. The molecule has 1 unspecified atom stereocenters. The highest BCUT2D eigenvalue weighted by Gasteiger charge is 2.36. The first-order chi connectivity index (χ1) is 14.5. The Morgan fingerprint density at radius 1 is 1.30 bits per heavy atom. The lowest BCUT2D eigenvalue weighted by Gasteiger charge is -2.23. The first-order valence-corrected chi connectivity index (χ1v) is 11.2. The second-order valence-electron chi connectivity index (χ2n) is 8.13. The fourth-order valence-electron chi connectivity index (χ4n) is 4.10. The molecule has 0 aromatic carbocycles. The van der Waals surface area contributed by atoms with Gasteiger partial charge < -0.3 is 9.64 Å². The van der Waals surface area contributed by atoms with E-state index in [-0.39, 0.29) is 11.9 Å². The number of carbonyl (C=O) groups is 1. The topological polar surface area (TPSA) is 73.1 Å². The Kier molecular flexibility index (Phi) is 4.91. The maximum absolute atomic E-state index is 13.2. The van der Waals surface area contributed by atoms with Crippen molar-refractivity contribution in [2.24, 2.45) is 0 Å².